The topological polar surface area (TPSA) is 69.4 Å². The van der Waals surface area contributed by atoms with Crippen LogP contribution in [0.15, 0.2) is 42.5 Å². The van der Waals surface area contributed by atoms with Gasteiger partial charge in [0.1, 0.15) is 5.75 Å². The summed E-state index contributed by atoms with van der Waals surface area (Å²) in [5.41, 5.74) is 0.174. The zero-order valence-electron chi connectivity index (χ0n) is 11.2. The van der Waals surface area contributed by atoms with E-state index in [0.717, 1.165) is 0 Å². The van der Waals surface area contributed by atoms with Crippen LogP contribution < -0.4 is 4.74 Å². The van der Waals surface area contributed by atoms with Crippen LogP contribution in [0.1, 0.15) is 23.7 Å². The first kappa shape index (κ1) is 15.0. The number of carbonyl (C=O) groups excluding carboxylic acids is 1. The van der Waals surface area contributed by atoms with E-state index in [0.29, 0.717) is 17.0 Å². The normalized spacial score (nSPS) is 10.2. The van der Waals surface area contributed by atoms with Crippen LogP contribution in [0, 0.1) is 10.1 Å². The molecule has 0 aliphatic heterocycles. The molecule has 2 rings (SSSR count). The van der Waals surface area contributed by atoms with Crippen LogP contribution in [0.5, 0.6) is 11.5 Å². The highest BCUT2D eigenvalue weighted by Gasteiger charge is 2.18. The second-order valence-electron chi connectivity index (χ2n) is 4.24. The summed E-state index contributed by atoms with van der Waals surface area (Å²) in [6, 6.07) is 10.6. The van der Waals surface area contributed by atoms with Gasteiger partial charge in [-0.3, -0.25) is 14.9 Å². The van der Waals surface area contributed by atoms with E-state index in [1.165, 1.54) is 18.2 Å². The van der Waals surface area contributed by atoms with Gasteiger partial charge in [-0.2, -0.15) is 0 Å². The number of carbonyl (C=O) groups is 1. The zero-order chi connectivity index (χ0) is 15.4. The number of rotatable bonds is 5. The van der Waals surface area contributed by atoms with E-state index in [-0.39, 0.29) is 23.0 Å². The van der Waals surface area contributed by atoms with Crippen LogP contribution >= 0.6 is 11.6 Å². The molecule has 0 aliphatic rings. The lowest BCUT2D eigenvalue weighted by Gasteiger charge is -2.10. The average molecular weight is 306 g/mol. The Morgan fingerprint density at radius 1 is 1.24 bits per heavy atom. The number of Topliss-reactive ketones (excluding diaryl/α,β-unsaturated/α-hetero) is 1. The summed E-state index contributed by atoms with van der Waals surface area (Å²) in [7, 11) is 0. The predicted octanol–water partition coefficient (Wildman–Crippen LogP) is 4.63. The van der Waals surface area contributed by atoms with Crippen LogP contribution in [-0.4, -0.2) is 10.7 Å². The van der Waals surface area contributed by atoms with Gasteiger partial charge >= 0.3 is 5.69 Å². The summed E-state index contributed by atoms with van der Waals surface area (Å²) in [4.78, 5) is 22.3. The third-order valence-electron chi connectivity index (χ3n) is 2.85. The number of benzene rings is 2. The van der Waals surface area contributed by atoms with Gasteiger partial charge in [0.15, 0.2) is 5.78 Å². The van der Waals surface area contributed by atoms with Gasteiger partial charge in [0.05, 0.1) is 10.5 Å². The van der Waals surface area contributed by atoms with Crippen LogP contribution in [-0.2, 0) is 0 Å². The third-order valence-corrected chi connectivity index (χ3v) is 3.08. The van der Waals surface area contributed by atoms with Gasteiger partial charge in [0.2, 0.25) is 5.75 Å². The molecule has 108 valence electrons. The van der Waals surface area contributed by atoms with Gasteiger partial charge in [-0.05, 0) is 18.2 Å². The molecule has 0 heterocycles. The molecule has 0 radical (unpaired) electrons. The molecule has 0 unspecified atom stereocenters. The maximum atomic E-state index is 11.9. The Labute approximate surface area is 126 Å². The van der Waals surface area contributed by atoms with Crippen molar-refractivity contribution in [3.05, 3.63) is 63.2 Å². The van der Waals surface area contributed by atoms with Crippen LogP contribution in [0.3, 0.4) is 0 Å². The Bertz CT molecular complexity index is 700. The maximum absolute atomic E-state index is 11.9. The minimum absolute atomic E-state index is 0.00357. The highest BCUT2D eigenvalue weighted by atomic mass is 35.5. The molecule has 0 spiro atoms. The third kappa shape index (κ3) is 3.38. The van der Waals surface area contributed by atoms with Gasteiger partial charge < -0.3 is 4.74 Å². The number of nitro groups is 1. The van der Waals surface area contributed by atoms with E-state index in [9.17, 15) is 14.9 Å². The second-order valence-corrected chi connectivity index (χ2v) is 4.68. The molecule has 6 heteroatoms. The lowest BCUT2D eigenvalue weighted by atomic mass is 10.1. The van der Waals surface area contributed by atoms with Crippen molar-refractivity contribution in [2.24, 2.45) is 0 Å². The summed E-state index contributed by atoms with van der Waals surface area (Å²) in [5, 5.41) is 11.3. The monoisotopic (exact) mass is 305 g/mol. The van der Waals surface area contributed by atoms with Crippen molar-refractivity contribution in [3.63, 3.8) is 0 Å². The first-order valence-corrected chi connectivity index (χ1v) is 6.64. The number of ketones is 1. The first-order chi connectivity index (χ1) is 10.0. The largest absolute Gasteiger partial charge is 0.449 e. The lowest BCUT2D eigenvalue weighted by molar-refractivity contribution is -0.385. The maximum Gasteiger partial charge on any atom is 0.311 e. The fourth-order valence-corrected chi connectivity index (χ4v) is 1.98. The highest BCUT2D eigenvalue weighted by Crippen LogP contribution is 2.35. The number of halogens is 1. The fourth-order valence-electron chi connectivity index (χ4n) is 1.82. The number of para-hydroxylation sites is 1. The van der Waals surface area contributed by atoms with Crippen molar-refractivity contribution in [1.29, 1.82) is 0 Å². The molecule has 0 atom stereocenters. The molecule has 0 aromatic heterocycles. The molecule has 0 bridgehead atoms. The summed E-state index contributed by atoms with van der Waals surface area (Å²) < 4.78 is 5.56. The molecule has 0 N–H and O–H groups in total. The van der Waals surface area contributed by atoms with Gasteiger partial charge in [-0.25, -0.2) is 0 Å². The van der Waals surface area contributed by atoms with E-state index in [1.54, 1.807) is 31.2 Å². The molecule has 5 nitrogen and oxygen atoms in total. The molecule has 21 heavy (non-hydrogen) atoms. The molecule has 0 saturated carbocycles. The summed E-state index contributed by atoms with van der Waals surface area (Å²) in [6.45, 7) is 1.74. The Balaban J connectivity index is 2.46. The minimum Gasteiger partial charge on any atom is -0.449 e. The molecular formula is C15H12ClNO4. The van der Waals surface area contributed by atoms with Crippen molar-refractivity contribution in [1.82, 2.24) is 0 Å². The Morgan fingerprint density at radius 3 is 2.62 bits per heavy atom. The summed E-state index contributed by atoms with van der Waals surface area (Å²) in [5.74, 6) is 0.175. The van der Waals surface area contributed by atoms with Crippen LogP contribution in [0.4, 0.5) is 5.69 Å². The van der Waals surface area contributed by atoms with Crippen molar-refractivity contribution in [3.8, 4) is 11.5 Å². The van der Waals surface area contributed by atoms with E-state index in [1.807, 2.05) is 0 Å². The number of hydrogen-bond donors (Lipinski definition) is 0. The fraction of sp³-hybridized carbons (Fsp3) is 0.133. The van der Waals surface area contributed by atoms with E-state index in [2.05, 4.69) is 0 Å². The smallest absolute Gasteiger partial charge is 0.311 e. The summed E-state index contributed by atoms with van der Waals surface area (Å²) in [6.07, 6.45) is 0.317. The molecule has 2 aromatic rings. The number of nitrogens with zero attached hydrogens (tertiary/aromatic N) is 1. The minimum atomic E-state index is -0.560. The molecule has 0 saturated heterocycles. The number of hydrogen-bond acceptors (Lipinski definition) is 4. The van der Waals surface area contributed by atoms with E-state index in [4.69, 9.17) is 16.3 Å². The van der Waals surface area contributed by atoms with E-state index < -0.39 is 4.92 Å². The van der Waals surface area contributed by atoms with Gasteiger partial charge in [-0.1, -0.05) is 30.7 Å². The van der Waals surface area contributed by atoms with Gasteiger partial charge in [0, 0.05) is 23.6 Å². The molecule has 0 aliphatic carbocycles. The SMILES string of the molecule is CCC(=O)c1ccccc1Oc1cc(Cl)ccc1[N+](=O)[O-]. The van der Waals surface area contributed by atoms with E-state index >= 15 is 0 Å². The number of ether oxygens (including phenoxy) is 1. The molecule has 0 fully saturated rings. The van der Waals surface area contributed by atoms with Crippen molar-refractivity contribution in [2.45, 2.75) is 13.3 Å². The zero-order valence-corrected chi connectivity index (χ0v) is 12.0. The quantitative estimate of drug-likeness (QED) is 0.458. The summed E-state index contributed by atoms with van der Waals surface area (Å²) >= 11 is 5.85. The average Bonchev–Trinajstić information content (AvgIpc) is 2.47. The molecular weight excluding hydrogens is 294 g/mol. The predicted molar refractivity (Wildman–Crippen MR) is 79.2 cm³/mol. The van der Waals surface area contributed by atoms with Gasteiger partial charge in [-0.15, -0.1) is 0 Å². The second kappa shape index (κ2) is 6.37. The van der Waals surface area contributed by atoms with Crippen LogP contribution in [0.25, 0.3) is 0 Å². The van der Waals surface area contributed by atoms with Crippen molar-refractivity contribution >= 4 is 23.1 Å². The lowest BCUT2D eigenvalue weighted by Crippen LogP contribution is -2.01. The van der Waals surface area contributed by atoms with Crippen molar-refractivity contribution < 1.29 is 14.5 Å². The molecule has 0 amide bonds. The highest BCUT2D eigenvalue weighted by molar-refractivity contribution is 6.30. The standard InChI is InChI=1S/C15H12ClNO4/c1-2-13(18)11-5-3-4-6-14(11)21-15-9-10(16)7-8-12(15)17(19)20/h3-9H,2H2,1H3. The van der Waals surface area contributed by atoms with Crippen LogP contribution in [0.2, 0.25) is 5.02 Å². The van der Waals surface area contributed by atoms with Gasteiger partial charge in [0.25, 0.3) is 0 Å². The first-order valence-electron chi connectivity index (χ1n) is 6.27. The Kier molecular flexibility index (Phi) is 4.55. The Morgan fingerprint density at radius 2 is 1.95 bits per heavy atom. The number of nitro benzene ring substituents is 1. The molecule has 2 aromatic carbocycles. The Hall–Kier alpha value is -2.40. The van der Waals surface area contributed by atoms with Crippen molar-refractivity contribution in [2.75, 3.05) is 0 Å².